The molecule has 0 bridgehead atoms. The van der Waals surface area contributed by atoms with Crippen molar-refractivity contribution in [3.05, 3.63) is 23.4 Å². The minimum Gasteiger partial charge on any atom is -0.373 e. The fourth-order valence-corrected chi connectivity index (χ4v) is 2.93. The van der Waals surface area contributed by atoms with Crippen LogP contribution in [-0.2, 0) is 6.42 Å². The summed E-state index contributed by atoms with van der Waals surface area (Å²) in [4.78, 5) is 21.6. The van der Waals surface area contributed by atoms with Gasteiger partial charge in [0, 0.05) is 50.5 Å². The van der Waals surface area contributed by atoms with Crippen molar-refractivity contribution in [2.75, 3.05) is 38.5 Å². The normalized spacial score (nSPS) is 19.6. The number of amides is 1. The third-order valence-electron chi connectivity index (χ3n) is 4.41. The van der Waals surface area contributed by atoms with Gasteiger partial charge in [-0.25, -0.2) is 4.98 Å². The van der Waals surface area contributed by atoms with Gasteiger partial charge in [0.15, 0.2) is 0 Å². The van der Waals surface area contributed by atoms with Crippen LogP contribution in [0.5, 0.6) is 0 Å². The van der Waals surface area contributed by atoms with Crippen LogP contribution in [0.3, 0.4) is 0 Å². The maximum atomic E-state index is 12.7. The minimum atomic E-state index is 0.138. The molecule has 2 heterocycles. The van der Waals surface area contributed by atoms with E-state index in [0.717, 1.165) is 55.7 Å². The van der Waals surface area contributed by atoms with E-state index in [-0.39, 0.29) is 5.91 Å². The second-order valence-corrected chi connectivity index (χ2v) is 5.90. The van der Waals surface area contributed by atoms with Gasteiger partial charge in [-0.2, -0.15) is 0 Å². The molecule has 5 nitrogen and oxygen atoms in total. The summed E-state index contributed by atoms with van der Waals surface area (Å²) in [5.74, 6) is 0.911. The molecule has 0 unspecified atom stereocenters. The average Bonchev–Trinajstić information content (AvgIpc) is 3.38. The Balaban J connectivity index is 1.69. The molecule has 3 rings (SSSR count). The van der Waals surface area contributed by atoms with E-state index in [1.165, 1.54) is 12.8 Å². The third-order valence-corrected chi connectivity index (χ3v) is 4.41. The van der Waals surface area contributed by atoms with Crippen LogP contribution in [0.1, 0.15) is 35.8 Å². The summed E-state index contributed by atoms with van der Waals surface area (Å²) in [5.41, 5.74) is 1.72. The molecule has 1 amide bonds. The lowest BCUT2D eigenvalue weighted by Crippen LogP contribution is -2.49. The Hall–Kier alpha value is -1.62. The Labute approximate surface area is 126 Å². The van der Waals surface area contributed by atoms with E-state index >= 15 is 0 Å². The standard InChI is InChI=1S/C16H24N4O/c1-3-13-10-12(11-15(17-2)18-13)16(21)20-8-6-19(7-9-20)14-4-5-14/h10-11,14H,3-9H2,1-2H3,(H,17,18). The second kappa shape index (κ2) is 6.02. The molecule has 1 N–H and O–H groups in total. The molecule has 0 radical (unpaired) electrons. The quantitative estimate of drug-likeness (QED) is 0.914. The summed E-state index contributed by atoms with van der Waals surface area (Å²) < 4.78 is 0. The van der Waals surface area contributed by atoms with Gasteiger partial charge in [-0.1, -0.05) is 6.92 Å². The van der Waals surface area contributed by atoms with Gasteiger partial charge < -0.3 is 10.2 Å². The molecule has 114 valence electrons. The molecule has 0 aromatic carbocycles. The van der Waals surface area contributed by atoms with Crippen LogP contribution in [0.15, 0.2) is 12.1 Å². The fraction of sp³-hybridized carbons (Fsp3) is 0.625. The van der Waals surface area contributed by atoms with Gasteiger partial charge in [-0.3, -0.25) is 9.69 Å². The Kier molecular flexibility index (Phi) is 4.10. The number of aryl methyl sites for hydroxylation is 1. The highest BCUT2D eigenvalue weighted by Gasteiger charge is 2.32. The van der Waals surface area contributed by atoms with Crippen LogP contribution in [0.4, 0.5) is 5.82 Å². The molecule has 1 saturated carbocycles. The Morgan fingerprint density at radius 3 is 2.57 bits per heavy atom. The molecule has 2 aliphatic rings. The van der Waals surface area contributed by atoms with Crippen molar-refractivity contribution in [3.63, 3.8) is 0 Å². The zero-order valence-corrected chi connectivity index (χ0v) is 12.9. The van der Waals surface area contributed by atoms with Crippen molar-refractivity contribution in [1.29, 1.82) is 0 Å². The molecule has 0 atom stereocenters. The topological polar surface area (TPSA) is 48.5 Å². The van der Waals surface area contributed by atoms with Crippen LogP contribution < -0.4 is 5.32 Å². The van der Waals surface area contributed by atoms with Crippen molar-refractivity contribution in [1.82, 2.24) is 14.8 Å². The van der Waals surface area contributed by atoms with Crippen molar-refractivity contribution >= 4 is 11.7 Å². The summed E-state index contributed by atoms with van der Waals surface area (Å²) in [6, 6.07) is 4.58. The maximum Gasteiger partial charge on any atom is 0.254 e. The zero-order valence-electron chi connectivity index (χ0n) is 12.9. The van der Waals surface area contributed by atoms with Gasteiger partial charge in [0.25, 0.3) is 5.91 Å². The van der Waals surface area contributed by atoms with E-state index in [2.05, 4.69) is 22.1 Å². The molecular formula is C16H24N4O. The van der Waals surface area contributed by atoms with Gasteiger partial charge in [0.1, 0.15) is 5.82 Å². The van der Waals surface area contributed by atoms with Gasteiger partial charge in [0.2, 0.25) is 0 Å². The van der Waals surface area contributed by atoms with E-state index in [0.29, 0.717) is 0 Å². The highest BCUT2D eigenvalue weighted by atomic mass is 16.2. The van der Waals surface area contributed by atoms with Gasteiger partial charge in [-0.05, 0) is 31.4 Å². The molecule has 1 aliphatic heterocycles. The van der Waals surface area contributed by atoms with Crippen molar-refractivity contribution in [2.24, 2.45) is 0 Å². The summed E-state index contributed by atoms with van der Waals surface area (Å²) in [6.45, 7) is 5.77. The van der Waals surface area contributed by atoms with Gasteiger partial charge in [0.05, 0.1) is 0 Å². The van der Waals surface area contributed by atoms with Crippen molar-refractivity contribution < 1.29 is 4.79 Å². The molecule has 1 aromatic rings. The highest BCUT2D eigenvalue weighted by Crippen LogP contribution is 2.27. The minimum absolute atomic E-state index is 0.138. The van der Waals surface area contributed by atoms with Crippen LogP contribution in [0, 0.1) is 0 Å². The molecule has 1 saturated heterocycles. The lowest BCUT2D eigenvalue weighted by atomic mass is 10.1. The monoisotopic (exact) mass is 288 g/mol. The van der Waals surface area contributed by atoms with Crippen molar-refractivity contribution in [3.8, 4) is 0 Å². The lowest BCUT2D eigenvalue weighted by molar-refractivity contribution is 0.0627. The number of hydrogen-bond acceptors (Lipinski definition) is 4. The molecule has 1 aliphatic carbocycles. The summed E-state index contributed by atoms with van der Waals surface area (Å²) >= 11 is 0. The molecule has 0 spiro atoms. The molecular weight excluding hydrogens is 264 g/mol. The first-order chi connectivity index (χ1) is 10.2. The summed E-state index contributed by atoms with van der Waals surface area (Å²) in [5, 5.41) is 3.04. The average molecular weight is 288 g/mol. The third kappa shape index (κ3) is 3.18. The van der Waals surface area contributed by atoms with Crippen LogP contribution in [-0.4, -0.2) is 60.0 Å². The van der Waals surface area contributed by atoms with Gasteiger partial charge in [-0.15, -0.1) is 0 Å². The zero-order chi connectivity index (χ0) is 14.8. The Morgan fingerprint density at radius 1 is 1.29 bits per heavy atom. The SMILES string of the molecule is CCc1cc(C(=O)N2CCN(C3CC3)CC2)cc(NC)n1. The highest BCUT2D eigenvalue weighted by molar-refractivity contribution is 5.95. The number of aromatic nitrogens is 1. The summed E-state index contributed by atoms with van der Waals surface area (Å²) in [7, 11) is 1.84. The van der Waals surface area contributed by atoms with Crippen LogP contribution in [0.2, 0.25) is 0 Å². The first-order valence-electron chi connectivity index (χ1n) is 7.93. The van der Waals surface area contributed by atoms with Crippen molar-refractivity contribution in [2.45, 2.75) is 32.2 Å². The second-order valence-electron chi connectivity index (χ2n) is 5.90. The Bertz CT molecular complexity index is 497. The van der Waals surface area contributed by atoms with E-state index in [1.54, 1.807) is 0 Å². The summed E-state index contributed by atoms with van der Waals surface area (Å²) in [6.07, 6.45) is 3.51. The number of carbonyl (C=O) groups excluding carboxylic acids is 1. The predicted molar refractivity (Wildman–Crippen MR) is 83.7 cm³/mol. The van der Waals surface area contributed by atoms with Crippen LogP contribution >= 0.6 is 0 Å². The van der Waals surface area contributed by atoms with E-state index in [9.17, 15) is 4.79 Å². The number of nitrogens with one attached hydrogen (secondary N) is 1. The first kappa shape index (κ1) is 14.3. The molecule has 5 heteroatoms. The largest absolute Gasteiger partial charge is 0.373 e. The van der Waals surface area contributed by atoms with E-state index < -0.39 is 0 Å². The number of hydrogen-bond donors (Lipinski definition) is 1. The van der Waals surface area contributed by atoms with Gasteiger partial charge >= 0.3 is 0 Å². The molecule has 1 aromatic heterocycles. The number of piperazine rings is 1. The predicted octanol–water partition coefficient (Wildman–Crippen LogP) is 1.61. The number of carbonyl (C=O) groups is 1. The number of nitrogens with zero attached hydrogens (tertiary/aromatic N) is 3. The maximum absolute atomic E-state index is 12.7. The number of pyridine rings is 1. The lowest BCUT2D eigenvalue weighted by Gasteiger charge is -2.35. The molecule has 21 heavy (non-hydrogen) atoms. The first-order valence-corrected chi connectivity index (χ1v) is 7.93. The van der Waals surface area contributed by atoms with E-state index in [1.807, 2.05) is 24.1 Å². The fourth-order valence-electron chi connectivity index (χ4n) is 2.93. The van der Waals surface area contributed by atoms with E-state index in [4.69, 9.17) is 0 Å². The number of anilines is 1. The number of rotatable bonds is 4. The Morgan fingerprint density at radius 2 is 2.00 bits per heavy atom. The van der Waals surface area contributed by atoms with Crippen LogP contribution in [0.25, 0.3) is 0 Å². The smallest absolute Gasteiger partial charge is 0.254 e. The molecule has 2 fully saturated rings.